The van der Waals surface area contributed by atoms with Crippen LogP contribution in [-0.4, -0.2) is 49.0 Å². The number of aromatic nitrogens is 2. The van der Waals surface area contributed by atoms with Gasteiger partial charge in [0.05, 0.1) is 6.33 Å². The van der Waals surface area contributed by atoms with Crippen molar-refractivity contribution in [1.29, 1.82) is 0 Å². The summed E-state index contributed by atoms with van der Waals surface area (Å²) in [6.07, 6.45) is 6.10. The molecular formula is C26H30ClFN4O2S. The molecule has 1 N–H and O–H groups in total. The molecule has 1 aliphatic carbocycles. The molecular weight excluding hydrogens is 487 g/mol. The number of halogens is 2. The fourth-order valence-electron chi connectivity index (χ4n) is 5.27. The molecule has 2 atom stereocenters. The second-order valence-corrected chi connectivity index (χ2v) is 11.9. The molecule has 186 valence electrons. The van der Waals surface area contributed by atoms with Gasteiger partial charge in [-0.05, 0) is 91.1 Å². The van der Waals surface area contributed by atoms with Gasteiger partial charge in [-0.15, -0.1) is 0 Å². The van der Waals surface area contributed by atoms with Crippen LogP contribution in [0.1, 0.15) is 34.6 Å². The number of nitrogens with one attached hydrogen (secondary N) is 1. The van der Waals surface area contributed by atoms with Gasteiger partial charge in [0.15, 0.2) is 5.03 Å². The molecule has 2 aliphatic rings. The van der Waals surface area contributed by atoms with E-state index < -0.39 is 10.0 Å². The van der Waals surface area contributed by atoms with Crippen LogP contribution in [0.15, 0.2) is 53.9 Å². The predicted octanol–water partition coefficient (Wildman–Crippen LogP) is 3.94. The van der Waals surface area contributed by atoms with Gasteiger partial charge in [0.1, 0.15) is 5.82 Å². The first-order chi connectivity index (χ1) is 16.8. The van der Waals surface area contributed by atoms with Crippen molar-refractivity contribution in [2.45, 2.75) is 36.6 Å². The molecule has 5 rings (SSSR count). The zero-order valence-corrected chi connectivity index (χ0v) is 21.3. The van der Waals surface area contributed by atoms with Crippen LogP contribution in [0.3, 0.4) is 0 Å². The third kappa shape index (κ3) is 5.45. The average Bonchev–Trinajstić information content (AvgIpc) is 3.35. The smallest absolute Gasteiger partial charge is 0.259 e. The largest absolute Gasteiger partial charge is 0.339 e. The SMILES string of the molecule is Cn1cnc(S(=O)(=O)NCCc2cc3c(cc2F)CC(CN2CCC2)C3Cc2cccc(Cl)c2)c1. The number of sulfonamides is 1. The Hall–Kier alpha value is -2.26. The molecule has 0 saturated carbocycles. The number of rotatable bonds is 9. The summed E-state index contributed by atoms with van der Waals surface area (Å²) in [4.78, 5) is 6.38. The molecule has 0 amide bonds. The molecule has 3 aromatic rings. The van der Waals surface area contributed by atoms with Crippen LogP contribution in [0.25, 0.3) is 0 Å². The minimum atomic E-state index is -3.73. The van der Waals surface area contributed by atoms with Crippen LogP contribution in [-0.2, 0) is 36.3 Å². The van der Waals surface area contributed by atoms with E-state index in [0.29, 0.717) is 11.5 Å². The molecule has 1 aromatic heterocycles. The Morgan fingerprint density at radius 1 is 1.23 bits per heavy atom. The van der Waals surface area contributed by atoms with Gasteiger partial charge in [-0.1, -0.05) is 29.8 Å². The van der Waals surface area contributed by atoms with E-state index in [1.165, 1.54) is 30.1 Å². The molecule has 0 radical (unpaired) electrons. The highest BCUT2D eigenvalue weighted by Crippen LogP contribution is 2.42. The van der Waals surface area contributed by atoms with E-state index in [2.05, 4.69) is 20.7 Å². The zero-order valence-electron chi connectivity index (χ0n) is 19.8. The number of hydrogen-bond acceptors (Lipinski definition) is 4. The second kappa shape index (κ2) is 10.0. The summed E-state index contributed by atoms with van der Waals surface area (Å²) < 4.78 is 44.1. The van der Waals surface area contributed by atoms with E-state index in [-0.39, 0.29) is 29.7 Å². The van der Waals surface area contributed by atoms with Crippen molar-refractivity contribution in [3.63, 3.8) is 0 Å². The van der Waals surface area contributed by atoms with E-state index in [0.717, 1.165) is 43.1 Å². The van der Waals surface area contributed by atoms with Crippen molar-refractivity contribution >= 4 is 21.6 Å². The van der Waals surface area contributed by atoms with Gasteiger partial charge in [-0.25, -0.2) is 22.5 Å². The van der Waals surface area contributed by atoms with E-state index in [1.54, 1.807) is 17.7 Å². The summed E-state index contributed by atoms with van der Waals surface area (Å²) in [7, 11) is -2.02. The number of benzene rings is 2. The standard InChI is InChI=1S/C26H30ClFN4O2S/c1-31-16-26(29-17-31)35(33,34)30-7-6-19-13-24-20(14-25(19)28)12-21(15-32-8-3-9-32)23(24)11-18-4-2-5-22(27)10-18/h2,4-5,10,13-14,16-17,21,23,30H,3,6-9,11-12,15H2,1H3. The molecule has 1 saturated heterocycles. The van der Waals surface area contributed by atoms with Gasteiger partial charge < -0.3 is 9.47 Å². The zero-order chi connectivity index (χ0) is 24.6. The highest BCUT2D eigenvalue weighted by molar-refractivity contribution is 7.89. The molecule has 9 heteroatoms. The lowest BCUT2D eigenvalue weighted by Gasteiger charge is -2.35. The first-order valence-electron chi connectivity index (χ1n) is 12.0. The van der Waals surface area contributed by atoms with Gasteiger partial charge in [0.25, 0.3) is 10.0 Å². The Kier molecular flexibility index (Phi) is 6.99. The van der Waals surface area contributed by atoms with E-state index in [1.807, 2.05) is 24.3 Å². The fourth-order valence-corrected chi connectivity index (χ4v) is 6.50. The minimum Gasteiger partial charge on any atom is -0.339 e. The van der Waals surface area contributed by atoms with Gasteiger partial charge in [0, 0.05) is 31.4 Å². The van der Waals surface area contributed by atoms with Crippen molar-refractivity contribution in [2.24, 2.45) is 13.0 Å². The Bertz CT molecular complexity index is 1320. The normalized spacial score (nSPS) is 20.1. The lowest BCUT2D eigenvalue weighted by atomic mass is 9.85. The van der Waals surface area contributed by atoms with Crippen LogP contribution in [0, 0.1) is 11.7 Å². The third-order valence-electron chi connectivity index (χ3n) is 7.19. The van der Waals surface area contributed by atoms with Crippen molar-refractivity contribution in [1.82, 2.24) is 19.2 Å². The minimum absolute atomic E-state index is 0.0372. The molecule has 35 heavy (non-hydrogen) atoms. The molecule has 0 bridgehead atoms. The fraction of sp³-hybridized carbons (Fsp3) is 0.423. The van der Waals surface area contributed by atoms with Crippen LogP contribution >= 0.6 is 11.6 Å². The van der Waals surface area contributed by atoms with Crippen LogP contribution in [0.5, 0.6) is 0 Å². The maximum atomic E-state index is 15.0. The summed E-state index contributed by atoms with van der Waals surface area (Å²) >= 11 is 6.25. The van der Waals surface area contributed by atoms with Crippen LogP contribution in [0.2, 0.25) is 5.02 Å². The monoisotopic (exact) mass is 516 g/mol. The average molecular weight is 517 g/mol. The quantitative estimate of drug-likeness (QED) is 0.468. The second-order valence-electron chi connectivity index (χ2n) is 9.73. The molecule has 2 unspecified atom stereocenters. The van der Waals surface area contributed by atoms with Gasteiger partial charge in [-0.3, -0.25) is 0 Å². The van der Waals surface area contributed by atoms with E-state index >= 15 is 4.39 Å². The van der Waals surface area contributed by atoms with Crippen molar-refractivity contribution < 1.29 is 12.8 Å². The van der Waals surface area contributed by atoms with Gasteiger partial charge in [0.2, 0.25) is 0 Å². The highest BCUT2D eigenvalue weighted by Gasteiger charge is 2.35. The van der Waals surface area contributed by atoms with Crippen molar-refractivity contribution in [3.8, 4) is 0 Å². The first-order valence-corrected chi connectivity index (χ1v) is 13.9. The predicted molar refractivity (Wildman–Crippen MR) is 135 cm³/mol. The summed E-state index contributed by atoms with van der Waals surface area (Å²) in [6, 6.07) is 11.6. The van der Waals surface area contributed by atoms with Crippen molar-refractivity contribution in [2.75, 3.05) is 26.2 Å². The topological polar surface area (TPSA) is 67.2 Å². The summed E-state index contributed by atoms with van der Waals surface area (Å²) in [5.74, 6) is 0.419. The molecule has 0 spiro atoms. The van der Waals surface area contributed by atoms with Gasteiger partial charge in [-0.2, -0.15) is 0 Å². The lowest BCUT2D eigenvalue weighted by molar-refractivity contribution is 0.145. The summed E-state index contributed by atoms with van der Waals surface area (Å²) in [5, 5.41) is 0.685. The van der Waals surface area contributed by atoms with Crippen LogP contribution in [0.4, 0.5) is 4.39 Å². The molecule has 6 nitrogen and oxygen atoms in total. The first kappa shape index (κ1) is 24.4. The lowest BCUT2D eigenvalue weighted by Crippen LogP contribution is -2.41. The van der Waals surface area contributed by atoms with Gasteiger partial charge >= 0.3 is 0 Å². The maximum absolute atomic E-state index is 15.0. The number of imidazole rings is 1. The highest BCUT2D eigenvalue weighted by atomic mass is 35.5. The third-order valence-corrected chi connectivity index (χ3v) is 8.77. The number of likely N-dealkylation sites (tertiary alicyclic amines) is 1. The number of fused-ring (bicyclic) bond motifs is 1. The number of aryl methyl sites for hydroxylation is 1. The molecule has 2 aromatic carbocycles. The molecule has 1 aliphatic heterocycles. The Morgan fingerprint density at radius 3 is 2.74 bits per heavy atom. The van der Waals surface area contributed by atoms with E-state index in [4.69, 9.17) is 11.6 Å². The van der Waals surface area contributed by atoms with E-state index in [9.17, 15) is 8.42 Å². The Morgan fingerprint density at radius 2 is 2.06 bits per heavy atom. The number of hydrogen-bond donors (Lipinski definition) is 1. The molecule has 2 heterocycles. The summed E-state index contributed by atoms with van der Waals surface area (Å²) in [6.45, 7) is 3.38. The Labute approximate surface area is 211 Å². The number of nitrogens with zero attached hydrogens (tertiary/aromatic N) is 3. The van der Waals surface area contributed by atoms with Crippen molar-refractivity contribution in [3.05, 3.63) is 82.0 Å². The Balaban J connectivity index is 1.35. The molecule has 1 fully saturated rings. The van der Waals surface area contributed by atoms with Crippen LogP contribution < -0.4 is 4.72 Å². The maximum Gasteiger partial charge on any atom is 0.259 e. The summed E-state index contributed by atoms with van der Waals surface area (Å²) in [5.41, 5.74) is 3.96.